The van der Waals surface area contributed by atoms with E-state index in [1.807, 2.05) is 6.92 Å². The van der Waals surface area contributed by atoms with E-state index >= 15 is 0 Å². The molecular weight excluding hydrogens is 342 g/mol. The largest absolute Gasteiger partial charge is 0.490 e. The summed E-state index contributed by atoms with van der Waals surface area (Å²) in [7, 11) is 0. The van der Waals surface area contributed by atoms with Crippen molar-refractivity contribution >= 4 is 23.5 Å². The summed E-state index contributed by atoms with van der Waals surface area (Å²) in [5.74, 6) is 1.62. The van der Waals surface area contributed by atoms with Crippen LogP contribution in [0.4, 0.5) is 0 Å². The average molecular weight is 370 g/mol. The lowest BCUT2D eigenvalue weighted by Gasteiger charge is -2.12. The monoisotopic (exact) mass is 369 g/mol. The summed E-state index contributed by atoms with van der Waals surface area (Å²) in [5, 5.41) is 10.1. The maximum absolute atomic E-state index is 5.77. The summed E-state index contributed by atoms with van der Waals surface area (Å²) >= 11 is 1.66. The molecule has 1 aliphatic rings. The van der Waals surface area contributed by atoms with E-state index in [2.05, 4.69) is 57.9 Å². The van der Waals surface area contributed by atoms with Crippen LogP contribution in [0.5, 0.6) is 5.75 Å². The first kappa shape index (κ1) is 18.8. The molecule has 0 saturated carbocycles. The van der Waals surface area contributed by atoms with Crippen molar-refractivity contribution in [2.45, 2.75) is 19.9 Å². The number of benzene rings is 1. The second-order valence-corrected chi connectivity index (χ2v) is 7.55. The lowest BCUT2D eigenvalue weighted by atomic mass is 10.1. The molecular formula is C21H27N3OS. The van der Waals surface area contributed by atoms with Crippen LogP contribution in [0.25, 0.3) is 12.2 Å². The van der Waals surface area contributed by atoms with E-state index in [0.29, 0.717) is 6.61 Å². The zero-order valence-electron chi connectivity index (χ0n) is 15.3. The molecule has 1 fully saturated rings. The summed E-state index contributed by atoms with van der Waals surface area (Å²) in [5.41, 5.74) is 3.41. The van der Waals surface area contributed by atoms with Crippen LogP contribution in [0.1, 0.15) is 28.2 Å². The Morgan fingerprint density at radius 1 is 1.38 bits per heavy atom. The standard InChI is InChI=1S/C21H27N3OS/c1-3-8-25-20-10-17(4-5-21-24-16(2)15-26-21)9-19(11-20)14-23-13-18-6-7-22-12-18/h3-5,9-11,15,18,22-23H,1,6-8,12-14H2,2H3/b5-4+. The highest BCUT2D eigenvalue weighted by atomic mass is 32.1. The van der Waals surface area contributed by atoms with Crippen molar-refractivity contribution in [1.82, 2.24) is 15.6 Å². The fourth-order valence-electron chi connectivity index (χ4n) is 3.05. The van der Waals surface area contributed by atoms with Gasteiger partial charge in [-0.1, -0.05) is 24.8 Å². The predicted octanol–water partition coefficient (Wildman–Crippen LogP) is 3.89. The van der Waals surface area contributed by atoms with Crippen molar-refractivity contribution < 1.29 is 4.74 Å². The number of ether oxygens (including phenoxy) is 1. The normalized spacial score (nSPS) is 17.0. The van der Waals surface area contributed by atoms with Gasteiger partial charge < -0.3 is 15.4 Å². The number of nitrogens with one attached hydrogen (secondary N) is 2. The van der Waals surface area contributed by atoms with Gasteiger partial charge in [0.15, 0.2) is 0 Å². The summed E-state index contributed by atoms with van der Waals surface area (Å²) in [6.07, 6.45) is 7.19. The molecule has 0 aliphatic carbocycles. The third-order valence-electron chi connectivity index (χ3n) is 4.34. The van der Waals surface area contributed by atoms with Gasteiger partial charge in [-0.05, 0) is 68.2 Å². The Hall–Kier alpha value is -1.95. The Balaban J connectivity index is 1.67. The molecule has 2 aromatic rings. The van der Waals surface area contributed by atoms with E-state index in [0.717, 1.165) is 54.1 Å². The van der Waals surface area contributed by atoms with Crippen LogP contribution in [-0.2, 0) is 6.54 Å². The SMILES string of the molecule is C=CCOc1cc(/C=C/c2nc(C)cs2)cc(CNCC2CCNC2)c1. The molecule has 1 aromatic heterocycles. The van der Waals surface area contributed by atoms with Crippen molar-refractivity contribution in [1.29, 1.82) is 0 Å². The van der Waals surface area contributed by atoms with Gasteiger partial charge in [0, 0.05) is 17.6 Å². The minimum atomic E-state index is 0.513. The highest BCUT2D eigenvalue weighted by molar-refractivity contribution is 7.10. The first-order valence-electron chi connectivity index (χ1n) is 9.12. The molecule has 1 atom stereocenters. The van der Waals surface area contributed by atoms with Crippen molar-refractivity contribution in [3.05, 3.63) is 58.1 Å². The maximum atomic E-state index is 5.77. The van der Waals surface area contributed by atoms with E-state index in [1.54, 1.807) is 17.4 Å². The Morgan fingerprint density at radius 2 is 2.31 bits per heavy atom. The van der Waals surface area contributed by atoms with Crippen LogP contribution < -0.4 is 15.4 Å². The first-order chi connectivity index (χ1) is 12.7. The number of aryl methyl sites for hydroxylation is 1. The van der Waals surface area contributed by atoms with Crippen LogP contribution in [0.15, 0.2) is 36.2 Å². The molecule has 1 unspecified atom stereocenters. The van der Waals surface area contributed by atoms with Crippen LogP contribution in [0.2, 0.25) is 0 Å². The second kappa shape index (κ2) is 9.67. The van der Waals surface area contributed by atoms with Crippen molar-refractivity contribution in [2.75, 3.05) is 26.2 Å². The molecule has 1 aliphatic heterocycles. The van der Waals surface area contributed by atoms with Gasteiger partial charge >= 0.3 is 0 Å². The second-order valence-electron chi connectivity index (χ2n) is 6.66. The number of thiazole rings is 1. The third-order valence-corrected chi connectivity index (χ3v) is 5.26. The predicted molar refractivity (Wildman–Crippen MR) is 111 cm³/mol. The molecule has 2 N–H and O–H groups in total. The number of nitrogens with zero attached hydrogens (tertiary/aromatic N) is 1. The number of rotatable bonds is 9. The first-order valence-corrected chi connectivity index (χ1v) is 10.00. The maximum Gasteiger partial charge on any atom is 0.120 e. The fraction of sp³-hybridized carbons (Fsp3) is 0.381. The van der Waals surface area contributed by atoms with Gasteiger partial charge in [-0.2, -0.15) is 0 Å². The number of aromatic nitrogens is 1. The quantitative estimate of drug-likeness (QED) is 0.659. The van der Waals surface area contributed by atoms with Gasteiger partial charge in [0.05, 0.1) is 0 Å². The van der Waals surface area contributed by atoms with E-state index in [1.165, 1.54) is 12.0 Å². The zero-order valence-corrected chi connectivity index (χ0v) is 16.1. The zero-order chi connectivity index (χ0) is 18.2. The van der Waals surface area contributed by atoms with E-state index in [9.17, 15) is 0 Å². The van der Waals surface area contributed by atoms with Crippen LogP contribution >= 0.6 is 11.3 Å². The molecule has 2 heterocycles. The molecule has 4 nitrogen and oxygen atoms in total. The van der Waals surface area contributed by atoms with Gasteiger partial charge in [0.25, 0.3) is 0 Å². The summed E-state index contributed by atoms with van der Waals surface area (Å²) in [6, 6.07) is 6.37. The smallest absolute Gasteiger partial charge is 0.120 e. The topological polar surface area (TPSA) is 46.2 Å². The third kappa shape index (κ3) is 5.80. The van der Waals surface area contributed by atoms with E-state index in [4.69, 9.17) is 4.74 Å². The molecule has 0 bridgehead atoms. The van der Waals surface area contributed by atoms with Crippen LogP contribution in [0.3, 0.4) is 0 Å². The number of hydrogen-bond donors (Lipinski definition) is 2. The van der Waals surface area contributed by atoms with Gasteiger partial charge in [-0.15, -0.1) is 11.3 Å². The summed E-state index contributed by atoms with van der Waals surface area (Å²) in [4.78, 5) is 4.48. The highest BCUT2D eigenvalue weighted by Gasteiger charge is 2.13. The Morgan fingerprint density at radius 3 is 3.04 bits per heavy atom. The summed E-state index contributed by atoms with van der Waals surface area (Å²) in [6.45, 7) is 10.4. The Bertz CT molecular complexity index is 747. The lowest BCUT2D eigenvalue weighted by molar-refractivity contribution is 0.362. The molecule has 0 amide bonds. The average Bonchev–Trinajstić information content (AvgIpc) is 3.30. The van der Waals surface area contributed by atoms with Gasteiger partial charge in [-0.25, -0.2) is 4.98 Å². The summed E-state index contributed by atoms with van der Waals surface area (Å²) < 4.78 is 5.77. The van der Waals surface area contributed by atoms with Crippen LogP contribution in [0, 0.1) is 12.8 Å². The molecule has 26 heavy (non-hydrogen) atoms. The minimum Gasteiger partial charge on any atom is -0.490 e. The number of hydrogen-bond acceptors (Lipinski definition) is 5. The molecule has 138 valence electrons. The van der Waals surface area contributed by atoms with Crippen LogP contribution in [-0.4, -0.2) is 31.2 Å². The molecule has 0 spiro atoms. The molecule has 3 rings (SSSR count). The van der Waals surface area contributed by atoms with Gasteiger partial charge in [0.1, 0.15) is 17.4 Å². The van der Waals surface area contributed by atoms with E-state index in [-0.39, 0.29) is 0 Å². The highest BCUT2D eigenvalue weighted by Crippen LogP contribution is 2.21. The minimum absolute atomic E-state index is 0.513. The van der Waals surface area contributed by atoms with Crippen molar-refractivity contribution in [3.63, 3.8) is 0 Å². The lowest BCUT2D eigenvalue weighted by Crippen LogP contribution is -2.24. The molecule has 1 saturated heterocycles. The Kier molecular flexibility index (Phi) is 7.00. The van der Waals surface area contributed by atoms with Gasteiger partial charge in [-0.3, -0.25) is 0 Å². The Labute approximate surface area is 160 Å². The van der Waals surface area contributed by atoms with E-state index < -0.39 is 0 Å². The van der Waals surface area contributed by atoms with Gasteiger partial charge in [0.2, 0.25) is 0 Å². The molecule has 1 aromatic carbocycles. The fourth-order valence-corrected chi connectivity index (χ4v) is 3.74. The van der Waals surface area contributed by atoms with Crippen molar-refractivity contribution in [3.8, 4) is 5.75 Å². The molecule has 5 heteroatoms. The molecule has 0 radical (unpaired) electrons. The van der Waals surface area contributed by atoms with Crippen molar-refractivity contribution in [2.24, 2.45) is 5.92 Å².